The number of para-hydroxylation sites is 1. The number of benzene rings is 2. The summed E-state index contributed by atoms with van der Waals surface area (Å²) in [5, 5.41) is 9.38. The van der Waals surface area contributed by atoms with E-state index in [4.69, 9.17) is 17.0 Å². The van der Waals surface area contributed by atoms with E-state index >= 15 is 0 Å². The lowest BCUT2D eigenvalue weighted by atomic mass is 9.95. The van der Waals surface area contributed by atoms with Crippen LogP contribution in [0.15, 0.2) is 65.9 Å². The summed E-state index contributed by atoms with van der Waals surface area (Å²) >= 11 is 5.49. The summed E-state index contributed by atoms with van der Waals surface area (Å²) in [5.74, 6) is -0.372. The molecule has 0 aromatic heterocycles. The van der Waals surface area contributed by atoms with Gasteiger partial charge in [-0.1, -0.05) is 30.3 Å². The molecular formula is C23H26N4O3S. The van der Waals surface area contributed by atoms with E-state index in [-0.39, 0.29) is 18.6 Å². The second-order valence-electron chi connectivity index (χ2n) is 6.91. The Morgan fingerprint density at radius 2 is 1.65 bits per heavy atom. The van der Waals surface area contributed by atoms with Gasteiger partial charge in [0.15, 0.2) is 5.11 Å². The maximum Gasteiger partial charge on any atom is 0.338 e. The Balaban J connectivity index is 1.79. The molecule has 3 rings (SSSR count). The molecule has 3 N–H and O–H groups in total. The zero-order valence-corrected chi connectivity index (χ0v) is 18.6. The summed E-state index contributed by atoms with van der Waals surface area (Å²) in [6.45, 7) is 6.56. The van der Waals surface area contributed by atoms with E-state index in [0.717, 1.165) is 11.3 Å². The van der Waals surface area contributed by atoms with Crippen molar-refractivity contribution in [1.29, 1.82) is 0 Å². The van der Waals surface area contributed by atoms with Crippen LogP contribution in [0, 0.1) is 0 Å². The summed E-state index contributed by atoms with van der Waals surface area (Å²) in [6, 6.07) is 15.7. The number of carbonyl (C=O) groups is 2. The number of urea groups is 1. The average molecular weight is 439 g/mol. The van der Waals surface area contributed by atoms with Gasteiger partial charge in [0.25, 0.3) is 0 Å². The Hall–Kier alpha value is -3.39. The first-order valence-corrected chi connectivity index (χ1v) is 10.5. The molecule has 0 saturated heterocycles. The van der Waals surface area contributed by atoms with Crippen molar-refractivity contribution in [2.45, 2.75) is 26.8 Å². The first-order valence-electron chi connectivity index (χ1n) is 10.1. The van der Waals surface area contributed by atoms with Gasteiger partial charge in [-0.15, -0.1) is 0 Å². The molecule has 0 aliphatic carbocycles. The lowest BCUT2D eigenvalue weighted by molar-refractivity contribution is -0.139. The van der Waals surface area contributed by atoms with Gasteiger partial charge in [0.05, 0.1) is 18.2 Å². The maximum atomic E-state index is 12.7. The first kappa shape index (κ1) is 22.3. The highest BCUT2D eigenvalue weighted by molar-refractivity contribution is 7.80. The zero-order chi connectivity index (χ0) is 22.4. The predicted molar refractivity (Wildman–Crippen MR) is 126 cm³/mol. The second-order valence-corrected chi connectivity index (χ2v) is 7.30. The maximum absolute atomic E-state index is 12.7. The number of esters is 1. The van der Waals surface area contributed by atoms with Crippen LogP contribution in [0.4, 0.5) is 16.2 Å². The minimum atomic E-state index is -0.429. The zero-order valence-electron chi connectivity index (χ0n) is 17.8. The van der Waals surface area contributed by atoms with Crippen LogP contribution in [-0.4, -0.2) is 35.2 Å². The second kappa shape index (κ2) is 10.1. The van der Waals surface area contributed by atoms with Crippen LogP contribution in [0.1, 0.15) is 32.4 Å². The monoisotopic (exact) mass is 438 g/mol. The van der Waals surface area contributed by atoms with Crippen molar-refractivity contribution in [3.05, 3.63) is 71.4 Å². The lowest BCUT2D eigenvalue weighted by Crippen LogP contribution is -2.47. The average Bonchev–Trinajstić information content (AvgIpc) is 2.75. The fourth-order valence-corrected chi connectivity index (χ4v) is 3.84. The van der Waals surface area contributed by atoms with Crippen molar-refractivity contribution in [3.8, 4) is 0 Å². The number of ether oxygens (including phenoxy) is 1. The van der Waals surface area contributed by atoms with Gasteiger partial charge < -0.3 is 25.6 Å². The Labute approximate surface area is 187 Å². The van der Waals surface area contributed by atoms with Crippen LogP contribution in [0.5, 0.6) is 0 Å². The van der Waals surface area contributed by atoms with Crippen molar-refractivity contribution in [2.75, 3.05) is 23.8 Å². The van der Waals surface area contributed by atoms with Gasteiger partial charge in [-0.25, -0.2) is 9.59 Å². The highest BCUT2D eigenvalue weighted by Gasteiger charge is 2.34. The number of nitrogens with zero attached hydrogens (tertiary/aromatic N) is 1. The SMILES string of the molecule is CCOC(=O)C1=C(C)N(CC)C(=S)NC1c1ccc(NC(=O)Nc2ccccc2)cc1. The summed E-state index contributed by atoms with van der Waals surface area (Å²) in [4.78, 5) is 26.8. The molecule has 1 atom stereocenters. The van der Waals surface area contributed by atoms with E-state index in [1.54, 1.807) is 19.1 Å². The third-order valence-electron chi connectivity index (χ3n) is 4.94. The number of thiocarbonyl (C=S) groups is 1. The molecule has 1 aliphatic heterocycles. The van der Waals surface area contributed by atoms with Crippen molar-refractivity contribution in [1.82, 2.24) is 10.2 Å². The fourth-order valence-electron chi connectivity index (χ4n) is 3.46. The van der Waals surface area contributed by atoms with Gasteiger partial charge in [-0.3, -0.25) is 0 Å². The summed E-state index contributed by atoms with van der Waals surface area (Å²) in [5.41, 5.74) is 3.48. The normalized spacial score (nSPS) is 15.9. The van der Waals surface area contributed by atoms with Gasteiger partial charge in [-0.05, 0) is 62.8 Å². The predicted octanol–water partition coefficient (Wildman–Crippen LogP) is 4.42. The van der Waals surface area contributed by atoms with Gasteiger partial charge in [0.1, 0.15) is 0 Å². The molecule has 0 fully saturated rings. The molecule has 1 unspecified atom stereocenters. The number of hydrogen-bond acceptors (Lipinski definition) is 4. The van der Waals surface area contributed by atoms with Crippen LogP contribution in [0.2, 0.25) is 0 Å². The van der Waals surface area contributed by atoms with Crippen molar-refractivity contribution >= 4 is 40.7 Å². The lowest BCUT2D eigenvalue weighted by Gasteiger charge is -2.37. The van der Waals surface area contributed by atoms with Crippen LogP contribution >= 0.6 is 12.2 Å². The number of anilines is 2. The third-order valence-corrected chi connectivity index (χ3v) is 5.28. The highest BCUT2D eigenvalue weighted by atomic mass is 32.1. The number of carbonyl (C=O) groups excluding carboxylic acids is 2. The van der Waals surface area contributed by atoms with E-state index in [1.165, 1.54) is 0 Å². The molecule has 162 valence electrons. The molecule has 31 heavy (non-hydrogen) atoms. The molecule has 1 heterocycles. The minimum Gasteiger partial charge on any atom is -0.463 e. The number of hydrogen-bond donors (Lipinski definition) is 3. The Morgan fingerprint density at radius 1 is 1.03 bits per heavy atom. The summed E-state index contributed by atoms with van der Waals surface area (Å²) in [6.07, 6.45) is 0. The molecule has 0 radical (unpaired) electrons. The van der Waals surface area contributed by atoms with Gasteiger partial charge >= 0.3 is 12.0 Å². The molecule has 7 nitrogen and oxygen atoms in total. The Bertz CT molecular complexity index is 990. The summed E-state index contributed by atoms with van der Waals surface area (Å²) < 4.78 is 5.29. The van der Waals surface area contributed by atoms with Gasteiger partial charge in [-0.2, -0.15) is 0 Å². The molecule has 2 amide bonds. The summed E-state index contributed by atoms with van der Waals surface area (Å²) in [7, 11) is 0. The molecular weight excluding hydrogens is 412 g/mol. The minimum absolute atomic E-state index is 0.290. The van der Waals surface area contributed by atoms with E-state index in [9.17, 15) is 9.59 Å². The molecule has 0 spiro atoms. The number of nitrogens with one attached hydrogen (secondary N) is 3. The van der Waals surface area contributed by atoms with E-state index in [0.29, 0.717) is 28.6 Å². The molecule has 2 aromatic carbocycles. The van der Waals surface area contributed by atoms with Gasteiger partial charge in [0.2, 0.25) is 0 Å². The van der Waals surface area contributed by atoms with Crippen LogP contribution in [0.3, 0.4) is 0 Å². The number of rotatable bonds is 6. The quantitative estimate of drug-likeness (QED) is 0.458. The van der Waals surface area contributed by atoms with Crippen molar-refractivity contribution in [3.63, 3.8) is 0 Å². The molecule has 0 bridgehead atoms. The third kappa shape index (κ3) is 5.21. The first-order chi connectivity index (χ1) is 14.9. The smallest absolute Gasteiger partial charge is 0.338 e. The Kier molecular flexibility index (Phi) is 7.25. The standard InChI is InChI=1S/C23H26N4O3S/c1-4-27-15(3)19(21(28)30-5-2)20(26-23(27)31)16-11-13-18(14-12-16)25-22(29)24-17-9-7-6-8-10-17/h6-14,20H,4-5H2,1-3H3,(H,26,31)(H2,24,25,29). The molecule has 8 heteroatoms. The van der Waals surface area contributed by atoms with E-state index < -0.39 is 6.04 Å². The van der Waals surface area contributed by atoms with Crippen LogP contribution < -0.4 is 16.0 Å². The van der Waals surface area contributed by atoms with Gasteiger partial charge in [0, 0.05) is 23.6 Å². The molecule has 2 aromatic rings. The highest BCUT2D eigenvalue weighted by Crippen LogP contribution is 2.32. The molecule has 0 saturated carbocycles. The number of allylic oxidation sites excluding steroid dienone is 1. The topological polar surface area (TPSA) is 82.7 Å². The van der Waals surface area contributed by atoms with Crippen LogP contribution in [0.25, 0.3) is 0 Å². The number of amides is 2. The van der Waals surface area contributed by atoms with Crippen LogP contribution in [-0.2, 0) is 9.53 Å². The fraction of sp³-hybridized carbons (Fsp3) is 0.261. The largest absolute Gasteiger partial charge is 0.463 e. The van der Waals surface area contributed by atoms with E-state index in [1.807, 2.05) is 61.2 Å². The Morgan fingerprint density at radius 3 is 2.23 bits per heavy atom. The van der Waals surface area contributed by atoms with Crippen molar-refractivity contribution < 1.29 is 14.3 Å². The molecule has 1 aliphatic rings. The van der Waals surface area contributed by atoms with E-state index in [2.05, 4.69) is 16.0 Å². The van der Waals surface area contributed by atoms with Crippen molar-refractivity contribution in [2.24, 2.45) is 0 Å².